The normalized spacial score (nSPS) is 23.7. The molecule has 1 aliphatic carbocycles. The Morgan fingerprint density at radius 2 is 1.87 bits per heavy atom. The molecule has 2 aromatic rings. The lowest BCUT2D eigenvalue weighted by Gasteiger charge is -2.32. The van der Waals surface area contributed by atoms with E-state index in [4.69, 9.17) is 25.8 Å². The van der Waals surface area contributed by atoms with E-state index in [1.807, 2.05) is 30.3 Å². The average Bonchev–Trinajstić information content (AvgIpc) is 3.60. The molecule has 6 nitrogen and oxygen atoms in total. The summed E-state index contributed by atoms with van der Waals surface area (Å²) in [5.74, 6) is 0.459. The van der Waals surface area contributed by atoms with Crippen molar-refractivity contribution in [2.45, 2.75) is 50.1 Å². The molecular weight excluding hydrogens is 420 g/mol. The Hall–Kier alpha value is -1.96. The van der Waals surface area contributed by atoms with E-state index in [1.165, 1.54) is 0 Å². The number of hydrogen-bond donors (Lipinski definition) is 2. The van der Waals surface area contributed by atoms with Crippen LogP contribution in [0.3, 0.4) is 0 Å². The summed E-state index contributed by atoms with van der Waals surface area (Å²) in [5, 5.41) is 20.3. The highest BCUT2D eigenvalue weighted by atomic mass is 35.5. The first kappa shape index (κ1) is 22.2. The number of hydrogen-bond acceptors (Lipinski definition) is 6. The number of benzene rings is 2. The maximum absolute atomic E-state index is 12.1. The van der Waals surface area contributed by atoms with Crippen molar-refractivity contribution in [2.75, 3.05) is 19.8 Å². The zero-order chi connectivity index (χ0) is 21.8. The van der Waals surface area contributed by atoms with E-state index in [0.29, 0.717) is 36.3 Å². The maximum Gasteiger partial charge on any atom is 0.166 e. The highest BCUT2D eigenvalue weighted by molar-refractivity contribution is 6.31. The third-order valence-electron chi connectivity index (χ3n) is 5.53. The molecule has 2 fully saturated rings. The molecule has 2 aromatic carbocycles. The van der Waals surface area contributed by atoms with Gasteiger partial charge in [-0.1, -0.05) is 35.9 Å². The van der Waals surface area contributed by atoms with Crippen molar-refractivity contribution in [3.63, 3.8) is 0 Å². The molecule has 166 valence electrons. The van der Waals surface area contributed by atoms with E-state index < -0.39 is 18.3 Å². The minimum absolute atomic E-state index is 0.00966. The summed E-state index contributed by atoms with van der Waals surface area (Å²) in [4.78, 5) is 12.1. The molecule has 0 aromatic heterocycles. The lowest BCUT2D eigenvalue weighted by Crippen LogP contribution is -2.41. The fourth-order valence-corrected chi connectivity index (χ4v) is 3.84. The number of halogens is 1. The first-order chi connectivity index (χ1) is 15.0. The molecule has 0 spiro atoms. The van der Waals surface area contributed by atoms with Gasteiger partial charge in [-0.3, -0.25) is 4.79 Å². The van der Waals surface area contributed by atoms with Crippen LogP contribution < -0.4 is 4.74 Å². The second-order valence-corrected chi connectivity index (χ2v) is 8.47. The van der Waals surface area contributed by atoms with Gasteiger partial charge < -0.3 is 24.4 Å². The Morgan fingerprint density at radius 1 is 1.10 bits per heavy atom. The molecule has 3 atom stereocenters. The van der Waals surface area contributed by atoms with Crippen LogP contribution >= 0.6 is 11.6 Å². The quantitative estimate of drug-likeness (QED) is 0.575. The molecule has 0 bridgehead atoms. The molecule has 31 heavy (non-hydrogen) atoms. The van der Waals surface area contributed by atoms with E-state index in [0.717, 1.165) is 29.7 Å². The maximum atomic E-state index is 12.1. The number of rotatable bonds is 9. The molecule has 2 aliphatic rings. The fraction of sp³-hybridized carbons (Fsp3) is 0.458. The first-order valence-electron chi connectivity index (χ1n) is 10.6. The topological polar surface area (TPSA) is 85.2 Å². The minimum atomic E-state index is -1.25. The van der Waals surface area contributed by atoms with Gasteiger partial charge >= 0.3 is 0 Å². The van der Waals surface area contributed by atoms with Crippen molar-refractivity contribution in [2.24, 2.45) is 0 Å². The number of aliphatic hydroxyl groups is 2. The van der Waals surface area contributed by atoms with Gasteiger partial charge in [0.25, 0.3) is 0 Å². The van der Waals surface area contributed by atoms with Crippen LogP contribution in [0.15, 0.2) is 42.5 Å². The Kier molecular flexibility index (Phi) is 7.25. The number of Topliss-reactive ketones (excluding diaryl/α,β-unsaturated/α-hetero) is 1. The number of ether oxygens (including phenoxy) is 3. The van der Waals surface area contributed by atoms with Gasteiger partial charge in [-0.05, 0) is 54.2 Å². The molecular formula is C24H27ClO6. The van der Waals surface area contributed by atoms with E-state index >= 15 is 0 Å². The summed E-state index contributed by atoms with van der Waals surface area (Å²) >= 11 is 6.40. The highest BCUT2D eigenvalue weighted by Gasteiger charge is 2.37. The van der Waals surface area contributed by atoms with Gasteiger partial charge in [-0.25, -0.2) is 0 Å². The van der Waals surface area contributed by atoms with Gasteiger partial charge in [0.15, 0.2) is 5.78 Å². The van der Waals surface area contributed by atoms with Gasteiger partial charge in [0.05, 0.1) is 25.4 Å². The summed E-state index contributed by atoms with van der Waals surface area (Å²) in [7, 11) is 0. The molecule has 0 amide bonds. The molecule has 1 aliphatic heterocycles. The molecule has 1 saturated carbocycles. The second kappa shape index (κ2) is 10.1. The summed E-state index contributed by atoms with van der Waals surface area (Å²) in [6.45, 7) is 0.862. The van der Waals surface area contributed by atoms with Crippen molar-refractivity contribution < 1.29 is 29.2 Å². The van der Waals surface area contributed by atoms with Crippen LogP contribution in [-0.2, 0) is 20.7 Å². The standard InChI is InChI=1S/C24H27ClO6/c25-21-8-3-16(24-23(28)22(27)13-20(14-26)31-24)12-17(21)11-15-1-4-18(5-2-15)29-9-10-30-19-6-7-19/h1-5,8,12,19-20,23-24,26,28H,6-7,9-11,13-14H2/t20-,23+,24-/m0/s1. The predicted octanol–water partition coefficient (Wildman–Crippen LogP) is 3.24. The van der Waals surface area contributed by atoms with Crippen LogP contribution in [0.5, 0.6) is 5.75 Å². The lowest BCUT2D eigenvalue weighted by atomic mass is 9.92. The van der Waals surface area contributed by atoms with Crippen LogP contribution in [-0.4, -0.2) is 54.1 Å². The number of ketones is 1. The van der Waals surface area contributed by atoms with E-state index in [1.54, 1.807) is 12.1 Å². The van der Waals surface area contributed by atoms with Gasteiger partial charge in [0.2, 0.25) is 0 Å². The van der Waals surface area contributed by atoms with Crippen molar-refractivity contribution in [3.05, 3.63) is 64.2 Å². The number of aliphatic hydroxyl groups excluding tert-OH is 2. The molecule has 1 saturated heterocycles. The zero-order valence-corrected chi connectivity index (χ0v) is 18.0. The number of carbonyl (C=O) groups is 1. The molecule has 4 rings (SSSR count). The monoisotopic (exact) mass is 446 g/mol. The smallest absolute Gasteiger partial charge is 0.166 e. The Balaban J connectivity index is 1.40. The van der Waals surface area contributed by atoms with Crippen LogP contribution in [0.4, 0.5) is 0 Å². The Labute approximate surface area is 186 Å². The van der Waals surface area contributed by atoms with Gasteiger partial charge in [-0.15, -0.1) is 0 Å². The molecule has 0 radical (unpaired) electrons. The largest absolute Gasteiger partial charge is 0.491 e. The SMILES string of the molecule is O=C1C[C@@H](CO)O[C@@H](c2ccc(Cl)c(Cc3ccc(OCCOC4CC4)cc3)c2)[C@@H]1O. The summed E-state index contributed by atoms with van der Waals surface area (Å²) in [5.41, 5.74) is 2.57. The lowest BCUT2D eigenvalue weighted by molar-refractivity contribution is -0.163. The highest BCUT2D eigenvalue weighted by Crippen LogP contribution is 2.32. The third-order valence-corrected chi connectivity index (χ3v) is 5.90. The summed E-state index contributed by atoms with van der Waals surface area (Å²) < 4.78 is 17.0. The van der Waals surface area contributed by atoms with E-state index in [-0.39, 0.29) is 18.8 Å². The van der Waals surface area contributed by atoms with Crippen molar-refractivity contribution >= 4 is 17.4 Å². The van der Waals surface area contributed by atoms with E-state index in [9.17, 15) is 15.0 Å². The molecule has 7 heteroatoms. The van der Waals surface area contributed by atoms with Crippen molar-refractivity contribution in [1.82, 2.24) is 0 Å². The second-order valence-electron chi connectivity index (χ2n) is 8.07. The van der Waals surface area contributed by atoms with E-state index in [2.05, 4.69) is 0 Å². The van der Waals surface area contributed by atoms with Crippen LogP contribution in [0, 0.1) is 0 Å². The van der Waals surface area contributed by atoms with Gasteiger partial charge in [0.1, 0.15) is 24.6 Å². The van der Waals surface area contributed by atoms with Crippen LogP contribution in [0.1, 0.15) is 42.1 Å². The Bertz CT molecular complexity index is 895. The van der Waals surface area contributed by atoms with Crippen molar-refractivity contribution in [3.8, 4) is 5.75 Å². The van der Waals surface area contributed by atoms with Crippen LogP contribution in [0.2, 0.25) is 5.02 Å². The number of carbonyl (C=O) groups excluding carboxylic acids is 1. The summed E-state index contributed by atoms with van der Waals surface area (Å²) in [6.07, 6.45) is 0.653. The van der Waals surface area contributed by atoms with Gasteiger partial charge in [-0.2, -0.15) is 0 Å². The van der Waals surface area contributed by atoms with Gasteiger partial charge in [0, 0.05) is 11.4 Å². The molecule has 1 heterocycles. The molecule has 2 N–H and O–H groups in total. The first-order valence-corrected chi connectivity index (χ1v) is 11.0. The third kappa shape index (κ3) is 5.84. The van der Waals surface area contributed by atoms with Crippen molar-refractivity contribution in [1.29, 1.82) is 0 Å². The predicted molar refractivity (Wildman–Crippen MR) is 115 cm³/mol. The van der Waals surface area contributed by atoms with Crippen LogP contribution in [0.25, 0.3) is 0 Å². The molecule has 0 unspecified atom stereocenters. The zero-order valence-electron chi connectivity index (χ0n) is 17.2. The fourth-order valence-electron chi connectivity index (χ4n) is 3.65. The summed E-state index contributed by atoms with van der Waals surface area (Å²) in [6, 6.07) is 13.1. The minimum Gasteiger partial charge on any atom is -0.491 e. The average molecular weight is 447 g/mol. The Morgan fingerprint density at radius 3 is 2.58 bits per heavy atom.